The molecule has 1 saturated carbocycles. The van der Waals surface area contributed by atoms with Crippen molar-refractivity contribution in [3.05, 3.63) is 41.2 Å². The highest BCUT2D eigenvalue weighted by atomic mass is 19.1. The van der Waals surface area contributed by atoms with Gasteiger partial charge < -0.3 is 34.3 Å². The molecule has 1 aromatic carbocycles. The topological polar surface area (TPSA) is 138 Å². The number of aliphatic hydroxyl groups is 2. The zero-order valence-corrected chi connectivity index (χ0v) is 28.0. The number of hydrogen-bond donors (Lipinski definition) is 2. The predicted molar refractivity (Wildman–Crippen MR) is 177 cm³/mol. The number of aromatic nitrogens is 3. The van der Waals surface area contributed by atoms with E-state index in [1.165, 1.54) is 6.07 Å². The summed E-state index contributed by atoms with van der Waals surface area (Å²) in [6.07, 6.45) is 8.75. The van der Waals surface area contributed by atoms with Gasteiger partial charge in [-0.2, -0.15) is 0 Å². The lowest BCUT2D eigenvalue weighted by atomic mass is 9.86. The Morgan fingerprint density at radius 1 is 1.09 bits per heavy atom. The number of allylic oxidation sites excluding steroid dienone is 2. The Morgan fingerprint density at radius 3 is 2.45 bits per heavy atom. The number of amides is 1. The highest BCUT2D eigenvalue weighted by molar-refractivity contribution is 5.79. The Morgan fingerprint density at radius 2 is 1.79 bits per heavy atom. The summed E-state index contributed by atoms with van der Waals surface area (Å²) in [5, 5.41) is 28.3. The molecule has 0 unspecified atom stereocenters. The normalized spacial score (nSPS) is 23.0. The van der Waals surface area contributed by atoms with Crippen LogP contribution in [0.1, 0.15) is 77.3 Å². The maximum Gasteiger partial charge on any atom is 0.410 e. The lowest BCUT2D eigenvalue weighted by Crippen LogP contribution is -2.48. The van der Waals surface area contributed by atoms with Crippen molar-refractivity contribution in [3.63, 3.8) is 0 Å². The molecule has 0 bridgehead atoms. The standard InChI is InChI=1S/C35H50FN5O6/c1-23(6-12-33(24(2)5-9-29(45)13-18-42)47-35(46)40-16-14-39(4)15-17-40)30(22-43)25(3)19-26-20-31(36)34-32(21-26)41(38-37-34)27-7-10-28(44)11-8-27/h6,12,18-24,27-30,33,44-45H,5,7-11,13-17H2,1-4H3/b12-6+,25-19+/t23-,24-,27?,28?,29+,30-,33-/m0/s1. The lowest BCUT2D eigenvalue weighted by Gasteiger charge is -2.33. The van der Waals surface area contributed by atoms with E-state index in [1.807, 2.05) is 46.0 Å². The van der Waals surface area contributed by atoms with Crippen molar-refractivity contribution in [2.75, 3.05) is 33.2 Å². The van der Waals surface area contributed by atoms with Crippen LogP contribution in [0.15, 0.2) is 29.9 Å². The van der Waals surface area contributed by atoms with Gasteiger partial charge in [0, 0.05) is 38.5 Å². The first-order valence-corrected chi connectivity index (χ1v) is 16.8. The molecule has 11 nitrogen and oxygen atoms in total. The summed E-state index contributed by atoms with van der Waals surface area (Å²) in [5.74, 6) is -1.43. The van der Waals surface area contributed by atoms with Gasteiger partial charge in [0.25, 0.3) is 0 Å². The number of rotatable bonds is 14. The summed E-state index contributed by atoms with van der Waals surface area (Å²) in [6.45, 7) is 8.33. The zero-order valence-electron chi connectivity index (χ0n) is 28.0. The van der Waals surface area contributed by atoms with Crippen LogP contribution in [-0.4, -0.2) is 105 Å². The van der Waals surface area contributed by atoms with Crippen molar-refractivity contribution >= 4 is 35.8 Å². The fraction of sp³-hybridized carbons (Fsp3) is 0.629. The van der Waals surface area contributed by atoms with Crippen LogP contribution in [0.25, 0.3) is 17.1 Å². The van der Waals surface area contributed by atoms with E-state index in [-0.39, 0.29) is 35.9 Å². The molecule has 258 valence electrons. The zero-order chi connectivity index (χ0) is 34.1. The second-order valence-electron chi connectivity index (χ2n) is 13.4. The lowest BCUT2D eigenvalue weighted by molar-refractivity contribution is -0.111. The molecule has 2 aromatic rings. The summed E-state index contributed by atoms with van der Waals surface area (Å²) in [5.41, 5.74) is 2.11. The van der Waals surface area contributed by atoms with E-state index < -0.39 is 30.0 Å². The number of hydrogen-bond acceptors (Lipinski definition) is 9. The number of likely N-dealkylation sites (N-methyl/N-ethyl adjacent to an activating group) is 1. The molecule has 1 aliphatic carbocycles. The minimum absolute atomic E-state index is 0.0324. The van der Waals surface area contributed by atoms with E-state index in [0.717, 1.165) is 37.8 Å². The van der Waals surface area contributed by atoms with Gasteiger partial charge in [0.15, 0.2) is 5.82 Å². The first-order valence-electron chi connectivity index (χ1n) is 16.8. The molecule has 4 rings (SSSR count). The van der Waals surface area contributed by atoms with Crippen LogP contribution in [0, 0.1) is 23.6 Å². The van der Waals surface area contributed by atoms with Gasteiger partial charge in [0.2, 0.25) is 0 Å². The summed E-state index contributed by atoms with van der Waals surface area (Å²) in [7, 11) is 2.01. The molecule has 2 N–H and O–H groups in total. The molecule has 2 heterocycles. The van der Waals surface area contributed by atoms with Gasteiger partial charge in [-0.1, -0.05) is 36.8 Å². The first kappa shape index (κ1) is 36.4. The quantitative estimate of drug-likeness (QED) is 0.221. The fourth-order valence-corrected chi connectivity index (χ4v) is 6.46. The van der Waals surface area contributed by atoms with Gasteiger partial charge in [0.05, 0.1) is 23.8 Å². The molecule has 1 amide bonds. The molecular weight excluding hydrogens is 605 g/mol. The summed E-state index contributed by atoms with van der Waals surface area (Å²) in [4.78, 5) is 40.1. The van der Waals surface area contributed by atoms with Crippen molar-refractivity contribution in [2.24, 2.45) is 17.8 Å². The number of nitrogens with zero attached hydrogens (tertiary/aromatic N) is 5. The van der Waals surface area contributed by atoms with Gasteiger partial charge in [0.1, 0.15) is 24.2 Å². The molecular formula is C35H50FN5O6. The smallest absolute Gasteiger partial charge is 0.410 e. The van der Waals surface area contributed by atoms with Gasteiger partial charge in [-0.05, 0) is 88.1 Å². The van der Waals surface area contributed by atoms with Crippen molar-refractivity contribution < 1.29 is 33.7 Å². The van der Waals surface area contributed by atoms with E-state index in [9.17, 15) is 24.6 Å². The van der Waals surface area contributed by atoms with Gasteiger partial charge in [-0.15, -0.1) is 5.10 Å². The average Bonchev–Trinajstić information content (AvgIpc) is 3.47. The van der Waals surface area contributed by atoms with E-state index >= 15 is 4.39 Å². The first-order chi connectivity index (χ1) is 22.5. The van der Waals surface area contributed by atoms with E-state index in [1.54, 1.807) is 15.7 Å². The minimum atomic E-state index is -0.756. The minimum Gasteiger partial charge on any atom is -0.442 e. The Hall–Kier alpha value is -3.48. The maximum absolute atomic E-state index is 15.1. The van der Waals surface area contributed by atoms with E-state index in [0.29, 0.717) is 56.1 Å². The highest BCUT2D eigenvalue weighted by Crippen LogP contribution is 2.32. The molecule has 1 aliphatic heterocycles. The Bertz CT molecular complexity index is 1410. The highest BCUT2D eigenvalue weighted by Gasteiger charge is 2.27. The van der Waals surface area contributed by atoms with Crippen LogP contribution in [0.2, 0.25) is 0 Å². The third kappa shape index (κ3) is 9.77. The van der Waals surface area contributed by atoms with Crippen LogP contribution in [0.4, 0.5) is 9.18 Å². The number of carbonyl (C=O) groups is 3. The SMILES string of the molecule is C/C(=C\c1cc(F)c2nnn(C3CCC(O)CC3)c2c1)[C@@H](C=O)[C@@H](C)/C=C/[C@H](OC(=O)N1CCN(C)CC1)[C@@H](C)CC[C@@H](O)CC=O. The van der Waals surface area contributed by atoms with E-state index in [4.69, 9.17) is 4.74 Å². The maximum atomic E-state index is 15.1. The largest absolute Gasteiger partial charge is 0.442 e. The molecule has 2 fully saturated rings. The van der Waals surface area contributed by atoms with Crippen LogP contribution < -0.4 is 0 Å². The number of halogens is 1. The van der Waals surface area contributed by atoms with Gasteiger partial charge >= 0.3 is 6.09 Å². The van der Waals surface area contributed by atoms with Crippen molar-refractivity contribution in [1.82, 2.24) is 24.8 Å². The number of aliphatic hydroxyl groups excluding tert-OH is 2. The van der Waals surface area contributed by atoms with Crippen LogP contribution in [0.3, 0.4) is 0 Å². The van der Waals surface area contributed by atoms with Crippen molar-refractivity contribution in [2.45, 2.75) is 90.1 Å². The molecule has 12 heteroatoms. The van der Waals surface area contributed by atoms with Crippen LogP contribution in [-0.2, 0) is 14.3 Å². The van der Waals surface area contributed by atoms with Crippen LogP contribution in [0.5, 0.6) is 0 Å². The van der Waals surface area contributed by atoms with E-state index in [2.05, 4.69) is 15.2 Å². The Kier molecular flexibility index (Phi) is 13.2. The monoisotopic (exact) mass is 655 g/mol. The average molecular weight is 656 g/mol. The van der Waals surface area contributed by atoms with Crippen molar-refractivity contribution in [1.29, 1.82) is 0 Å². The Balaban J connectivity index is 1.50. The number of benzene rings is 1. The molecule has 0 radical (unpaired) electrons. The number of fused-ring (bicyclic) bond motifs is 1. The Labute approximate surface area is 276 Å². The molecule has 0 spiro atoms. The summed E-state index contributed by atoms with van der Waals surface area (Å²) >= 11 is 0. The fourth-order valence-electron chi connectivity index (χ4n) is 6.46. The number of piperazine rings is 1. The number of ether oxygens (including phenoxy) is 1. The van der Waals surface area contributed by atoms with Crippen LogP contribution >= 0.6 is 0 Å². The third-order valence-electron chi connectivity index (χ3n) is 9.69. The summed E-state index contributed by atoms with van der Waals surface area (Å²) in [6, 6.07) is 3.26. The molecule has 1 aromatic heterocycles. The molecule has 5 atom stereocenters. The number of aldehydes is 2. The molecule has 1 saturated heterocycles. The van der Waals surface area contributed by atoms with Gasteiger partial charge in [-0.3, -0.25) is 0 Å². The van der Waals surface area contributed by atoms with Crippen molar-refractivity contribution in [3.8, 4) is 0 Å². The van der Waals surface area contributed by atoms with Gasteiger partial charge in [-0.25, -0.2) is 13.9 Å². The molecule has 47 heavy (non-hydrogen) atoms. The third-order valence-corrected chi connectivity index (χ3v) is 9.69. The predicted octanol–water partition coefficient (Wildman–Crippen LogP) is 4.58. The number of carbonyl (C=O) groups excluding carboxylic acids is 3. The second-order valence-corrected chi connectivity index (χ2v) is 13.4. The summed E-state index contributed by atoms with van der Waals surface area (Å²) < 4.78 is 22.9. The second kappa shape index (κ2) is 17.1. The molecule has 2 aliphatic rings.